The second-order valence-electron chi connectivity index (χ2n) is 6.49. The van der Waals surface area contributed by atoms with Crippen LogP contribution >= 0.6 is 12.4 Å². The Morgan fingerprint density at radius 1 is 1.14 bits per heavy atom. The summed E-state index contributed by atoms with van der Waals surface area (Å²) in [5.41, 5.74) is 2.35. The molecule has 0 amide bonds. The third kappa shape index (κ3) is 4.00. The van der Waals surface area contributed by atoms with Gasteiger partial charge in [-0.25, -0.2) is 4.68 Å². The maximum absolute atomic E-state index is 5.79. The topological polar surface area (TPSA) is 81.9 Å². The number of rotatable bonds is 6. The summed E-state index contributed by atoms with van der Waals surface area (Å²) in [5.74, 6) is 2.57. The zero-order valence-electron chi connectivity index (χ0n) is 15.9. The zero-order chi connectivity index (χ0) is 18.8. The summed E-state index contributed by atoms with van der Waals surface area (Å²) in [6.45, 7) is 3.97. The maximum Gasteiger partial charge on any atom is 0.261 e. The van der Waals surface area contributed by atoms with Crippen molar-refractivity contribution in [3.05, 3.63) is 60.2 Å². The first-order chi connectivity index (χ1) is 13.1. The highest BCUT2D eigenvalue weighted by Crippen LogP contribution is 2.32. The fourth-order valence-corrected chi connectivity index (χ4v) is 2.81. The Kier molecular flexibility index (Phi) is 5.96. The maximum atomic E-state index is 5.79. The lowest BCUT2D eigenvalue weighted by Crippen LogP contribution is -2.24. The van der Waals surface area contributed by atoms with Gasteiger partial charge in [0.15, 0.2) is 11.6 Å². The molecule has 0 aliphatic carbocycles. The minimum Gasteiger partial charge on any atom is -0.460 e. The molecule has 1 aromatic carbocycles. The van der Waals surface area contributed by atoms with Gasteiger partial charge >= 0.3 is 0 Å². The van der Waals surface area contributed by atoms with Gasteiger partial charge in [0.25, 0.3) is 5.89 Å². The van der Waals surface area contributed by atoms with E-state index in [1.165, 1.54) is 0 Å². The molecule has 1 unspecified atom stereocenters. The number of nitrogens with zero attached hydrogens (tertiary/aromatic N) is 4. The van der Waals surface area contributed by atoms with Gasteiger partial charge in [-0.2, -0.15) is 10.1 Å². The van der Waals surface area contributed by atoms with Crippen molar-refractivity contribution in [1.82, 2.24) is 25.2 Å². The summed E-state index contributed by atoms with van der Waals surface area (Å²) < 4.78 is 13.1. The molecule has 1 atom stereocenters. The average Bonchev–Trinajstić information content (AvgIpc) is 3.41. The summed E-state index contributed by atoms with van der Waals surface area (Å²) >= 11 is 0. The Morgan fingerprint density at radius 2 is 1.93 bits per heavy atom. The van der Waals surface area contributed by atoms with Gasteiger partial charge in [0.1, 0.15) is 11.5 Å². The van der Waals surface area contributed by atoms with Crippen molar-refractivity contribution in [1.29, 1.82) is 0 Å². The van der Waals surface area contributed by atoms with Crippen LogP contribution in [-0.2, 0) is 6.42 Å². The molecule has 146 valence electrons. The lowest BCUT2D eigenvalue weighted by molar-refractivity contribution is 0.418. The van der Waals surface area contributed by atoms with Gasteiger partial charge in [0.2, 0.25) is 0 Å². The van der Waals surface area contributed by atoms with Gasteiger partial charge in [-0.3, -0.25) is 0 Å². The molecular formula is C20H22ClN5O2. The third-order valence-electron chi connectivity index (χ3n) is 4.39. The van der Waals surface area contributed by atoms with Crippen molar-refractivity contribution < 1.29 is 8.94 Å². The van der Waals surface area contributed by atoms with Crippen LogP contribution in [0, 0.1) is 6.92 Å². The summed E-state index contributed by atoms with van der Waals surface area (Å²) in [4.78, 5) is 4.56. The number of likely N-dealkylation sites (N-methyl/N-ethyl adjacent to an activating group) is 1. The lowest BCUT2D eigenvalue weighted by Gasteiger charge is -2.04. The van der Waals surface area contributed by atoms with Crippen molar-refractivity contribution >= 4 is 12.4 Å². The van der Waals surface area contributed by atoms with Gasteiger partial charge in [-0.1, -0.05) is 23.4 Å². The van der Waals surface area contributed by atoms with E-state index in [-0.39, 0.29) is 18.4 Å². The van der Waals surface area contributed by atoms with E-state index in [0.29, 0.717) is 29.6 Å². The second kappa shape index (κ2) is 8.41. The van der Waals surface area contributed by atoms with Crippen molar-refractivity contribution in [2.75, 3.05) is 7.05 Å². The summed E-state index contributed by atoms with van der Waals surface area (Å²) in [7, 11) is 1.91. The molecule has 0 aliphatic rings. The SMILES string of the molecule is CNC(C)Cc1noc(-c2cn(-c3ccccc3)nc2-c2ccc(C)o2)n1.Cl. The fraction of sp³-hybridized carbons (Fsp3) is 0.250. The molecule has 1 N–H and O–H groups in total. The molecule has 8 heteroatoms. The van der Waals surface area contributed by atoms with Crippen molar-refractivity contribution in [3.63, 3.8) is 0 Å². The van der Waals surface area contributed by atoms with E-state index in [1.807, 2.05) is 62.6 Å². The molecule has 0 saturated carbocycles. The van der Waals surface area contributed by atoms with Crippen LogP contribution in [0.15, 0.2) is 57.6 Å². The first kappa shape index (κ1) is 19.9. The smallest absolute Gasteiger partial charge is 0.261 e. The van der Waals surface area contributed by atoms with Crippen molar-refractivity contribution in [2.24, 2.45) is 0 Å². The molecule has 0 saturated heterocycles. The number of hydrogen-bond donors (Lipinski definition) is 1. The number of benzene rings is 1. The zero-order valence-corrected chi connectivity index (χ0v) is 16.7. The molecule has 0 radical (unpaired) electrons. The molecule has 0 bridgehead atoms. The molecule has 0 aliphatic heterocycles. The van der Waals surface area contributed by atoms with Gasteiger partial charge < -0.3 is 14.3 Å². The van der Waals surface area contributed by atoms with Gasteiger partial charge in [-0.15, -0.1) is 12.4 Å². The van der Waals surface area contributed by atoms with Crippen LogP contribution in [0.2, 0.25) is 0 Å². The highest BCUT2D eigenvalue weighted by molar-refractivity contribution is 5.85. The van der Waals surface area contributed by atoms with E-state index in [4.69, 9.17) is 14.0 Å². The first-order valence-electron chi connectivity index (χ1n) is 8.86. The minimum absolute atomic E-state index is 0. The molecule has 4 rings (SSSR count). The number of aryl methyl sites for hydroxylation is 1. The number of nitrogens with one attached hydrogen (secondary N) is 1. The lowest BCUT2D eigenvalue weighted by atomic mass is 10.2. The Morgan fingerprint density at radius 3 is 2.61 bits per heavy atom. The van der Waals surface area contributed by atoms with Crippen LogP contribution in [0.25, 0.3) is 28.6 Å². The van der Waals surface area contributed by atoms with Crippen molar-refractivity contribution in [2.45, 2.75) is 26.3 Å². The van der Waals surface area contributed by atoms with Gasteiger partial charge in [0.05, 0.1) is 11.3 Å². The number of halogens is 1. The number of aromatic nitrogens is 4. The Bertz CT molecular complexity index is 1040. The Balaban J connectivity index is 0.00000225. The Labute approximate surface area is 169 Å². The van der Waals surface area contributed by atoms with E-state index in [2.05, 4.69) is 22.4 Å². The monoisotopic (exact) mass is 399 g/mol. The van der Waals surface area contributed by atoms with Crippen LogP contribution < -0.4 is 5.32 Å². The molecule has 3 heterocycles. The average molecular weight is 400 g/mol. The van der Waals surface area contributed by atoms with Gasteiger partial charge in [0, 0.05) is 18.7 Å². The highest BCUT2D eigenvalue weighted by Gasteiger charge is 2.21. The molecule has 28 heavy (non-hydrogen) atoms. The highest BCUT2D eigenvalue weighted by atomic mass is 35.5. The third-order valence-corrected chi connectivity index (χ3v) is 4.39. The van der Waals surface area contributed by atoms with E-state index in [1.54, 1.807) is 4.68 Å². The minimum atomic E-state index is 0. The molecule has 7 nitrogen and oxygen atoms in total. The second-order valence-corrected chi connectivity index (χ2v) is 6.49. The van der Waals surface area contributed by atoms with Crippen LogP contribution in [-0.4, -0.2) is 33.0 Å². The number of furan rings is 1. The van der Waals surface area contributed by atoms with Crippen molar-refractivity contribution in [3.8, 4) is 28.6 Å². The van der Waals surface area contributed by atoms with E-state index >= 15 is 0 Å². The predicted octanol–water partition coefficient (Wildman–Crippen LogP) is 4.06. The molecule has 3 aromatic heterocycles. The predicted molar refractivity (Wildman–Crippen MR) is 109 cm³/mol. The van der Waals surface area contributed by atoms with E-state index in [0.717, 1.165) is 17.0 Å². The molecule has 0 fully saturated rings. The van der Waals surface area contributed by atoms with Crippen LogP contribution in [0.4, 0.5) is 0 Å². The summed E-state index contributed by atoms with van der Waals surface area (Å²) in [6, 6.07) is 14.0. The van der Waals surface area contributed by atoms with Crippen LogP contribution in [0.5, 0.6) is 0 Å². The van der Waals surface area contributed by atoms with Crippen LogP contribution in [0.3, 0.4) is 0 Å². The number of para-hydroxylation sites is 1. The van der Waals surface area contributed by atoms with Crippen LogP contribution in [0.1, 0.15) is 18.5 Å². The summed E-state index contributed by atoms with van der Waals surface area (Å²) in [6.07, 6.45) is 2.57. The normalized spacial score (nSPS) is 12.0. The van der Waals surface area contributed by atoms with E-state index in [9.17, 15) is 0 Å². The first-order valence-corrected chi connectivity index (χ1v) is 8.86. The fourth-order valence-electron chi connectivity index (χ4n) is 2.81. The van der Waals surface area contributed by atoms with Gasteiger partial charge in [-0.05, 0) is 45.2 Å². The Hall–Kier alpha value is -2.90. The molecule has 0 spiro atoms. The largest absolute Gasteiger partial charge is 0.460 e. The molecule has 4 aromatic rings. The quantitative estimate of drug-likeness (QED) is 0.526. The standard InChI is InChI=1S/C20H21N5O2.ClH/c1-13(21-3)11-18-22-20(27-24-18)16-12-25(15-7-5-4-6-8-15)23-19(16)17-10-9-14(2)26-17;/h4-10,12-13,21H,11H2,1-3H3;1H. The van der Waals surface area contributed by atoms with E-state index < -0.39 is 0 Å². The summed E-state index contributed by atoms with van der Waals surface area (Å²) in [5, 5.41) is 12.0. The number of hydrogen-bond acceptors (Lipinski definition) is 6. The molecular weight excluding hydrogens is 378 g/mol.